The van der Waals surface area contributed by atoms with E-state index < -0.39 is 18.1 Å². The predicted molar refractivity (Wildman–Crippen MR) is 65.8 cm³/mol. The van der Waals surface area contributed by atoms with E-state index in [0.717, 1.165) is 0 Å². The minimum atomic E-state index is -4.17. The number of carbonyl (C=O) groups excluding carboxylic acids is 1. The van der Waals surface area contributed by atoms with Gasteiger partial charge in [0.1, 0.15) is 0 Å². The molecule has 0 aliphatic heterocycles. The van der Waals surface area contributed by atoms with Crippen LogP contribution in [0.15, 0.2) is 30.3 Å². The quantitative estimate of drug-likeness (QED) is 0.573. The van der Waals surface area contributed by atoms with Gasteiger partial charge in [-0.05, 0) is 31.4 Å². The van der Waals surface area contributed by atoms with Gasteiger partial charge in [0.15, 0.2) is 0 Å². The van der Waals surface area contributed by atoms with E-state index in [1.807, 2.05) is 0 Å². The van der Waals surface area contributed by atoms with Gasteiger partial charge >= 0.3 is 12.1 Å². The van der Waals surface area contributed by atoms with Crippen molar-refractivity contribution in [2.24, 2.45) is 5.92 Å². The van der Waals surface area contributed by atoms with Crippen molar-refractivity contribution in [3.8, 4) is 0 Å². The molecule has 0 bridgehead atoms. The maximum Gasteiger partial charge on any atom is 0.391 e. The van der Waals surface area contributed by atoms with Crippen molar-refractivity contribution < 1.29 is 22.7 Å². The van der Waals surface area contributed by atoms with Crippen molar-refractivity contribution in [1.82, 2.24) is 0 Å². The van der Waals surface area contributed by atoms with Crippen molar-refractivity contribution >= 4 is 5.97 Å². The molecule has 106 valence electrons. The van der Waals surface area contributed by atoms with Crippen LogP contribution in [-0.4, -0.2) is 18.8 Å². The molecule has 0 fully saturated rings. The van der Waals surface area contributed by atoms with E-state index in [9.17, 15) is 18.0 Å². The second-order valence-corrected chi connectivity index (χ2v) is 4.29. The van der Waals surface area contributed by atoms with Crippen molar-refractivity contribution in [1.29, 1.82) is 0 Å². The van der Waals surface area contributed by atoms with Gasteiger partial charge in [0, 0.05) is 0 Å². The topological polar surface area (TPSA) is 26.3 Å². The Morgan fingerprint density at radius 2 is 1.89 bits per heavy atom. The van der Waals surface area contributed by atoms with Gasteiger partial charge in [0.25, 0.3) is 0 Å². The van der Waals surface area contributed by atoms with E-state index >= 15 is 0 Å². The van der Waals surface area contributed by atoms with E-state index in [1.54, 1.807) is 30.3 Å². The fourth-order valence-corrected chi connectivity index (χ4v) is 1.75. The number of hydrogen-bond acceptors (Lipinski definition) is 2. The summed E-state index contributed by atoms with van der Waals surface area (Å²) in [5, 5.41) is 0. The van der Waals surface area contributed by atoms with E-state index in [0.29, 0.717) is 5.56 Å². The van der Waals surface area contributed by atoms with Gasteiger partial charge in [0.2, 0.25) is 0 Å². The highest BCUT2D eigenvalue weighted by Crippen LogP contribution is 2.32. The lowest BCUT2D eigenvalue weighted by Crippen LogP contribution is -2.22. The van der Waals surface area contributed by atoms with E-state index in [-0.39, 0.29) is 25.9 Å². The highest BCUT2D eigenvalue weighted by Gasteiger charge is 2.37. The lowest BCUT2D eigenvalue weighted by molar-refractivity contribution is -0.177. The summed E-state index contributed by atoms with van der Waals surface area (Å²) in [6.07, 6.45) is -3.91. The number of hydrogen-bond donors (Lipinski definition) is 0. The van der Waals surface area contributed by atoms with Crippen molar-refractivity contribution in [3.63, 3.8) is 0 Å². The second-order valence-electron chi connectivity index (χ2n) is 4.29. The van der Waals surface area contributed by atoms with Gasteiger partial charge in [-0.1, -0.05) is 25.1 Å². The summed E-state index contributed by atoms with van der Waals surface area (Å²) < 4.78 is 42.3. The van der Waals surface area contributed by atoms with Gasteiger partial charge < -0.3 is 4.74 Å². The van der Waals surface area contributed by atoms with Gasteiger partial charge in [-0.2, -0.15) is 13.2 Å². The Morgan fingerprint density at radius 1 is 1.26 bits per heavy atom. The fourth-order valence-electron chi connectivity index (χ4n) is 1.75. The summed E-state index contributed by atoms with van der Waals surface area (Å²) in [6.45, 7) is 1.52. The first-order valence-corrected chi connectivity index (χ1v) is 6.24. The van der Waals surface area contributed by atoms with Gasteiger partial charge in [-0.25, -0.2) is 4.79 Å². The molecule has 1 unspecified atom stereocenters. The molecule has 1 aromatic carbocycles. The zero-order valence-electron chi connectivity index (χ0n) is 10.7. The highest BCUT2D eigenvalue weighted by atomic mass is 19.4. The van der Waals surface area contributed by atoms with Crippen LogP contribution in [0.25, 0.3) is 0 Å². The molecular formula is C14H17F3O2. The summed E-state index contributed by atoms with van der Waals surface area (Å²) in [5.74, 6) is -1.82. The van der Waals surface area contributed by atoms with Crippen LogP contribution in [0, 0.1) is 5.92 Å². The Morgan fingerprint density at radius 3 is 2.42 bits per heavy atom. The van der Waals surface area contributed by atoms with Crippen molar-refractivity contribution in [3.05, 3.63) is 35.9 Å². The summed E-state index contributed by atoms with van der Waals surface area (Å²) >= 11 is 0. The van der Waals surface area contributed by atoms with E-state index in [4.69, 9.17) is 4.74 Å². The van der Waals surface area contributed by atoms with E-state index in [2.05, 4.69) is 0 Å². The average Bonchev–Trinajstić information content (AvgIpc) is 2.38. The van der Waals surface area contributed by atoms with Gasteiger partial charge in [-0.15, -0.1) is 0 Å². The van der Waals surface area contributed by atoms with Crippen LogP contribution in [0.1, 0.15) is 36.5 Å². The van der Waals surface area contributed by atoms with Crippen LogP contribution in [0.3, 0.4) is 0 Å². The lowest BCUT2D eigenvalue weighted by atomic mass is 10.0. The number of halogens is 3. The van der Waals surface area contributed by atoms with Crippen LogP contribution >= 0.6 is 0 Å². The molecule has 0 heterocycles. The van der Waals surface area contributed by atoms with Crippen molar-refractivity contribution in [2.75, 3.05) is 6.61 Å². The van der Waals surface area contributed by atoms with E-state index in [1.165, 1.54) is 6.92 Å². The Labute approximate surface area is 110 Å². The first-order chi connectivity index (χ1) is 8.95. The molecule has 0 aliphatic carbocycles. The minimum absolute atomic E-state index is 0.0118. The number of carbonyl (C=O) groups is 1. The molecule has 0 saturated heterocycles. The van der Waals surface area contributed by atoms with Crippen LogP contribution < -0.4 is 0 Å². The number of benzene rings is 1. The number of ether oxygens (including phenoxy) is 1. The Bertz CT molecular complexity index is 387. The van der Waals surface area contributed by atoms with Crippen LogP contribution in [0.2, 0.25) is 0 Å². The molecule has 1 aromatic rings. The Kier molecular flexibility index (Phi) is 5.86. The molecule has 2 nitrogen and oxygen atoms in total. The maximum atomic E-state index is 12.5. The number of esters is 1. The molecule has 0 aliphatic rings. The fraction of sp³-hybridized carbons (Fsp3) is 0.500. The zero-order chi connectivity index (χ0) is 14.3. The molecular weight excluding hydrogens is 257 g/mol. The predicted octanol–water partition coefficient (Wildman–Crippen LogP) is 4.21. The number of rotatable bonds is 6. The van der Waals surface area contributed by atoms with Crippen LogP contribution in [0.4, 0.5) is 13.2 Å². The molecule has 0 radical (unpaired) electrons. The second kappa shape index (κ2) is 7.16. The molecule has 1 rings (SSSR count). The van der Waals surface area contributed by atoms with Crippen LogP contribution in [0.5, 0.6) is 0 Å². The largest absolute Gasteiger partial charge is 0.462 e. The van der Waals surface area contributed by atoms with Gasteiger partial charge in [0.05, 0.1) is 18.1 Å². The monoisotopic (exact) mass is 274 g/mol. The average molecular weight is 274 g/mol. The standard InChI is InChI=1S/C14H17F3O2/c1-2-12(14(15,16)17)9-6-10-19-13(18)11-7-4-3-5-8-11/h3-5,7-8,12H,2,6,9-10H2,1H3. The molecule has 0 amide bonds. The summed E-state index contributed by atoms with van der Waals surface area (Å²) in [6, 6.07) is 8.38. The summed E-state index contributed by atoms with van der Waals surface area (Å²) in [4.78, 5) is 11.5. The third kappa shape index (κ3) is 5.32. The third-order valence-electron chi connectivity index (χ3n) is 2.90. The Hall–Kier alpha value is -1.52. The molecule has 0 spiro atoms. The summed E-state index contributed by atoms with van der Waals surface area (Å²) in [7, 11) is 0. The molecule has 0 aromatic heterocycles. The van der Waals surface area contributed by atoms with Gasteiger partial charge in [-0.3, -0.25) is 0 Å². The van der Waals surface area contributed by atoms with Crippen LogP contribution in [-0.2, 0) is 4.74 Å². The molecule has 19 heavy (non-hydrogen) atoms. The van der Waals surface area contributed by atoms with Crippen molar-refractivity contribution in [2.45, 2.75) is 32.4 Å². The summed E-state index contributed by atoms with van der Waals surface area (Å²) in [5.41, 5.74) is 0.408. The first-order valence-electron chi connectivity index (χ1n) is 6.24. The SMILES string of the molecule is CCC(CCCOC(=O)c1ccccc1)C(F)(F)F. The Balaban J connectivity index is 2.30. The normalized spacial score (nSPS) is 13.1. The smallest absolute Gasteiger partial charge is 0.391 e. The molecule has 1 atom stereocenters. The zero-order valence-corrected chi connectivity index (χ0v) is 10.7. The minimum Gasteiger partial charge on any atom is -0.462 e. The molecule has 0 N–H and O–H groups in total. The molecule has 0 saturated carbocycles. The highest BCUT2D eigenvalue weighted by molar-refractivity contribution is 5.89. The molecule has 5 heteroatoms. The number of alkyl halides is 3. The lowest BCUT2D eigenvalue weighted by Gasteiger charge is -2.18. The maximum absolute atomic E-state index is 12.5. The first kappa shape index (κ1) is 15.5. The third-order valence-corrected chi connectivity index (χ3v) is 2.90.